The fourth-order valence-electron chi connectivity index (χ4n) is 1.56. The van der Waals surface area contributed by atoms with Crippen molar-refractivity contribution in [3.05, 3.63) is 0 Å². The SMILES string of the molecule is CC(C)CCNC(=O)C(NC(=O)OC(C)(C)C)C(C)C. The second-order valence-electron chi connectivity index (χ2n) is 6.84. The van der Waals surface area contributed by atoms with Crippen molar-refractivity contribution in [1.29, 1.82) is 0 Å². The smallest absolute Gasteiger partial charge is 0.408 e. The zero-order valence-electron chi connectivity index (χ0n) is 13.9. The average molecular weight is 286 g/mol. The standard InChI is InChI=1S/C15H30N2O3/c1-10(2)8-9-16-13(18)12(11(3)4)17-14(19)20-15(5,6)7/h10-12H,8-9H2,1-7H3,(H,16,18)(H,17,19). The van der Waals surface area contributed by atoms with Crippen molar-refractivity contribution in [3.63, 3.8) is 0 Å². The first kappa shape index (κ1) is 18.7. The van der Waals surface area contributed by atoms with Crippen LogP contribution in [-0.2, 0) is 9.53 Å². The minimum absolute atomic E-state index is 0.00145. The zero-order valence-corrected chi connectivity index (χ0v) is 13.9. The third-order valence-electron chi connectivity index (χ3n) is 2.64. The van der Waals surface area contributed by atoms with E-state index in [1.54, 1.807) is 20.8 Å². The molecule has 0 spiro atoms. The molecule has 0 aliphatic heterocycles. The summed E-state index contributed by atoms with van der Waals surface area (Å²) in [6, 6.07) is -0.572. The molecule has 0 aliphatic carbocycles. The maximum atomic E-state index is 12.1. The molecule has 2 amide bonds. The molecule has 1 atom stereocenters. The molecule has 0 fully saturated rings. The highest BCUT2D eigenvalue weighted by atomic mass is 16.6. The molecule has 0 rings (SSSR count). The van der Waals surface area contributed by atoms with Gasteiger partial charge in [0.1, 0.15) is 11.6 Å². The number of alkyl carbamates (subject to hydrolysis) is 1. The fraction of sp³-hybridized carbons (Fsp3) is 0.867. The van der Waals surface area contributed by atoms with Crippen LogP contribution in [0.1, 0.15) is 54.9 Å². The van der Waals surface area contributed by atoms with Gasteiger partial charge in [0.25, 0.3) is 0 Å². The molecule has 20 heavy (non-hydrogen) atoms. The Hall–Kier alpha value is -1.26. The number of amides is 2. The van der Waals surface area contributed by atoms with Gasteiger partial charge in [-0.05, 0) is 39.0 Å². The number of hydrogen-bond acceptors (Lipinski definition) is 3. The van der Waals surface area contributed by atoms with Gasteiger partial charge < -0.3 is 15.4 Å². The molecule has 5 heteroatoms. The quantitative estimate of drug-likeness (QED) is 0.789. The molecule has 118 valence electrons. The first-order chi connectivity index (χ1) is 9.03. The van der Waals surface area contributed by atoms with Crippen molar-refractivity contribution in [2.75, 3.05) is 6.54 Å². The van der Waals surface area contributed by atoms with Crippen molar-refractivity contribution in [3.8, 4) is 0 Å². The predicted molar refractivity (Wildman–Crippen MR) is 80.5 cm³/mol. The summed E-state index contributed by atoms with van der Waals surface area (Å²) in [6.45, 7) is 14.0. The Kier molecular flexibility index (Phi) is 7.61. The molecule has 0 bridgehead atoms. The van der Waals surface area contributed by atoms with E-state index in [1.807, 2.05) is 13.8 Å². The zero-order chi connectivity index (χ0) is 15.9. The van der Waals surface area contributed by atoms with Gasteiger partial charge in [-0.2, -0.15) is 0 Å². The molecule has 1 unspecified atom stereocenters. The van der Waals surface area contributed by atoms with Gasteiger partial charge >= 0.3 is 6.09 Å². The normalized spacial score (nSPS) is 13.2. The predicted octanol–water partition coefficient (Wildman–Crippen LogP) is 2.70. The highest BCUT2D eigenvalue weighted by molar-refractivity contribution is 5.85. The van der Waals surface area contributed by atoms with Gasteiger partial charge in [-0.25, -0.2) is 4.79 Å². The highest BCUT2D eigenvalue weighted by Crippen LogP contribution is 2.09. The first-order valence-corrected chi connectivity index (χ1v) is 7.30. The number of carbonyl (C=O) groups is 2. The Labute approximate surface area is 122 Å². The Bertz CT molecular complexity index is 320. The lowest BCUT2D eigenvalue weighted by Gasteiger charge is -2.25. The van der Waals surface area contributed by atoms with E-state index in [1.165, 1.54) is 0 Å². The number of hydrogen-bond donors (Lipinski definition) is 2. The minimum atomic E-state index is -0.572. The van der Waals surface area contributed by atoms with Crippen LogP contribution in [0.3, 0.4) is 0 Å². The van der Waals surface area contributed by atoms with Gasteiger partial charge in [-0.15, -0.1) is 0 Å². The van der Waals surface area contributed by atoms with Crippen molar-refractivity contribution in [1.82, 2.24) is 10.6 Å². The van der Waals surface area contributed by atoms with Crippen LogP contribution in [0.4, 0.5) is 4.79 Å². The van der Waals surface area contributed by atoms with E-state index in [2.05, 4.69) is 24.5 Å². The minimum Gasteiger partial charge on any atom is -0.444 e. The summed E-state index contributed by atoms with van der Waals surface area (Å²) >= 11 is 0. The van der Waals surface area contributed by atoms with Crippen LogP contribution in [0.25, 0.3) is 0 Å². The Morgan fingerprint density at radius 3 is 2.05 bits per heavy atom. The van der Waals surface area contributed by atoms with E-state index in [4.69, 9.17) is 4.74 Å². The molecule has 0 saturated heterocycles. The topological polar surface area (TPSA) is 67.4 Å². The van der Waals surface area contributed by atoms with Crippen molar-refractivity contribution < 1.29 is 14.3 Å². The Balaban J connectivity index is 4.42. The van der Waals surface area contributed by atoms with E-state index in [0.29, 0.717) is 12.5 Å². The summed E-state index contributed by atoms with van der Waals surface area (Å²) in [5.74, 6) is 0.375. The molecular weight excluding hydrogens is 256 g/mol. The molecule has 0 aliphatic rings. The molecule has 2 N–H and O–H groups in total. The highest BCUT2D eigenvalue weighted by Gasteiger charge is 2.26. The van der Waals surface area contributed by atoms with Crippen molar-refractivity contribution in [2.45, 2.75) is 66.5 Å². The van der Waals surface area contributed by atoms with Crippen molar-refractivity contribution >= 4 is 12.0 Å². The van der Waals surface area contributed by atoms with Gasteiger partial charge in [-0.1, -0.05) is 27.7 Å². The van der Waals surface area contributed by atoms with Gasteiger partial charge in [0.2, 0.25) is 5.91 Å². The number of carbonyl (C=O) groups excluding carboxylic acids is 2. The average Bonchev–Trinajstić information content (AvgIpc) is 2.22. The maximum Gasteiger partial charge on any atom is 0.408 e. The van der Waals surface area contributed by atoms with Crippen LogP contribution in [0.5, 0.6) is 0 Å². The number of nitrogens with one attached hydrogen (secondary N) is 2. The van der Waals surface area contributed by atoms with Gasteiger partial charge in [0, 0.05) is 6.54 Å². The largest absolute Gasteiger partial charge is 0.444 e. The van der Waals surface area contributed by atoms with Crippen LogP contribution in [-0.4, -0.2) is 30.2 Å². The second kappa shape index (κ2) is 8.12. The monoisotopic (exact) mass is 286 g/mol. The van der Waals surface area contributed by atoms with Crippen LogP contribution < -0.4 is 10.6 Å². The van der Waals surface area contributed by atoms with Crippen LogP contribution in [0.15, 0.2) is 0 Å². The fourth-order valence-corrected chi connectivity index (χ4v) is 1.56. The summed E-state index contributed by atoms with van der Waals surface area (Å²) in [4.78, 5) is 23.8. The lowest BCUT2D eigenvalue weighted by molar-refractivity contribution is -0.124. The third kappa shape index (κ3) is 8.77. The molecule has 0 heterocycles. The molecule has 0 aromatic carbocycles. The van der Waals surface area contributed by atoms with Gasteiger partial charge in [0.15, 0.2) is 0 Å². The van der Waals surface area contributed by atoms with E-state index in [-0.39, 0.29) is 11.8 Å². The van der Waals surface area contributed by atoms with E-state index in [0.717, 1.165) is 6.42 Å². The number of ether oxygens (including phenoxy) is 1. The van der Waals surface area contributed by atoms with Crippen LogP contribution in [0, 0.1) is 11.8 Å². The molecule has 0 radical (unpaired) electrons. The maximum absolute atomic E-state index is 12.1. The molecule has 5 nitrogen and oxygen atoms in total. The summed E-state index contributed by atoms with van der Waals surface area (Å²) in [5, 5.41) is 5.49. The van der Waals surface area contributed by atoms with E-state index >= 15 is 0 Å². The molecule has 0 aromatic heterocycles. The summed E-state index contributed by atoms with van der Waals surface area (Å²) in [7, 11) is 0. The molecule has 0 saturated carbocycles. The molecular formula is C15H30N2O3. The molecule has 0 aromatic rings. The number of rotatable bonds is 6. The van der Waals surface area contributed by atoms with Crippen molar-refractivity contribution in [2.24, 2.45) is 11.8 Å². The van der Waals surface area contributed by atoms with Crippen LogP contribution >= 0.6 is 0 Å². The third-order valence-corrected chi connectivity index (χ3v) is 2.64. The first-order valence-electron chi connectivity index (χ1n) is 7.30. The lowest BCUT2D eigenvalue weighted by atomic mass is 10.0. The lowest BCUT2D eigenvalue weighted by Crippen LogP contribution is -2.51. The Morgan fingerprint density at radius 2 is 1.65 bits per heavy atom. The second-order valence-corrected chi connectivity index (χ2v) is 6.84. The van der Waals surface area contributed by atoms with Crippen LogP contribution in [0.2, 0.25) is 0 Å². The Morgan fingerprint density at radius 1 is 1.10 bits per heavy atom. The summed E-state index contributed by atoms with van der Waals surface area (Å²) in [5.41, 5.74) is -0.570. The van der Waals surface area contributed by atoms with Gasteiger partial charge in [-0.3, -0.25) is 4.79 Å². The van der Waals surface area contributed by atoms with Gasteiger partial charge in [0.05, 0.1) is 0 Å². The summed E-state index contributed by atoms with van der Waals surface area (Å²) < 4.78 is 5.18. The summed E-state index contributed by atoms with van der Waals surface area (Å²) in [6.07, 6.45) is 0.360. The van der Waals surface area contributed by atoms with E-state index < -0.39 is 17.7 Å². The van der Waals surface area contributed by atoms with E-state index in [9.17, 15) is 9.59 Å².